The lowest BCUT2D eigenvalue weighted by Crippen LogP contribution is -2.25. The lowest BCUT2D eigenvalue weighted by atomic mass is 10.4. The molecule has 5 heteroatoms. The number of rotatable bonds is 4. The van der Waals surface area contributed by atoms with E-state index in [1.54, 1.807) is 13.2 Å². The number of methoxy groups -OCH3 is 1. The Morgan fingerprint density at radius 3 is 3.00 bits per heavy atom. The van der Waals surface area contributed by atoms with Gasteiger partial charge in [-0.2, -0.15) is 5.10 Å². The molecule has 5 nitrogen and oxygen atoms in total. The zero-order valence-electron chi connectivity index (χ0n) is 7.56. The average Bonchev–Trinajstić information content (AvgIpc) is 2.17. The molecule has 1 heterocycles. The van der Waals surface area contributed by atoms with Crippen molar-refractivity contribution >= 4 is 0 Å². The van der Waals surface area contributed by atoms with Gasteiger partial charge < -0.3 is 10.5 Å². The van der Waals surface area contributed by atoms with Crippen LogP contribution in [-0.2, 0) is 17.8 Å². The third-order valence-corrected chi connectivity index (χ3v) is 1.64. The monoisotopic (exact) mass is 183 g/mol. The summed E-state index contributed by atoms with van der Waals surface area (Å²) in [6, 6.07) is 3.09. The topological polar surface area (TPSA) is 70.1 Å². The molecule has 0 aliphatic rings. The van der Waals surface area contributed by atoms with Crippen LogP contribution in [0.3, 0.4) is 0 Å². The Kier molecular flexibility index (Phi) is 3.60. The molecule has 0 bridgehead atoms. The fourth-order valence-corrected chi connectivity index (χ4v) is 0.938. The number of ether oxygens (including phenoxy) is 1. The summed E-state index contributed by atoms with van der Waals surface area (Å²) < 4.78 is 6.20. The minimum Gasteiger partial charge on any atom is -0.383 e. The van der Waals surface area contributed by atoms with Crippen LogP contribution in [-0.4, -0.2) is 23.5 Å². The number of hydrogen-bond donors (Lipinski definition) is 1. The first-order valence-electron chi connectivity index (χ1n) is 4.04. The highest BCUT2D eigenvalue weighted by Crippen LogP contribution is 1.87. The van der Waals surface area contributed by atoms with Crippen LogP contribution in [0.4, 0.5) is 0 Å². The van der Waals surface area contributed by atoms with Crippen molar-refractivity contribution in [1.82, 2.24) is 9.78 Å². The molecule has 0 radical (unpaired) electrons. The van der Waals surface area contributed by atoms with Gasteiger partial charge in [0.05, 0.1) is 18.8 Å². The van der Waals surface area contributed by atoms with E-state index in [1.165, 1.54) is 10.7 Å². The van der Waals surface area contributed by atoms with E-state index in [0.29, 0.717) is 25.4 Å². The summed E-state index contributed by atoms with van der Waals surface area (Å²) >= 11 is 0. The van der Waals surface area contributed by atoms with Gasteiger partial charge in [-0.3, -0.25) is 4.79 Å². The minimum atomic E-state index is -0.130. The highest BCUT2D eigenvalue weighted by Gasteiger charge is 1.98. The SMILES string of the molecule is COCCn1nc(CN)ccc1=O. The first kappa shape index (κ1) is 9.88. The molecule has 1 aromatic heterocycles. The summed E-state index contributed by atoms with van der Waals surface area (Å²) in [4.78, 5) is 11.2. The smallest absolute Gasteiger partial charge is 0.266 e. The van der Waals surface area contributed by atoms with Gasteiger partial charge >= 0.3 is 0 Å². The van der Waals surface area contributed by atoms with Crippen molar-refractivity contribution in [3.05, 3.63) is 28.2 Å². The van der Waals surface area contributed by atoms with Crippen molar-refractivity contribution in [3.63, 3.8) is 0 Å². The molecule has 2 N–H and O–H groups in total. The van der Waals surface area contributed by atoms with E-state index in [0.717, 1.165) is 0 Å². The van der Waals surface area contributed by atoms with E-state index in [4.69, 9.17) is 10.5 Å². The first-order chi connectivity index (χ1) is 6.27. The largest absolute Gasteiger partial charge is 0.383 e. The minimum absolute atomic E-state index is 0.130. The Labute approximate surface area is 76.1 Å². The van der Waals surface area contributed by atoms with E-state index in [1.807, 2.05) is 0 Å². The van der Waals surface area contributed by atoms with Gasteiger partial charge in [-0.1, -0.05) is 0 Å². The molecular weight excluding hydrogens is 170 g/mol. The second kappa shape index (κ2) is 4.74. The zero-order chi connectivity index (χ0) is 9.68. The summed E-state index contributed by atoms with van der Waals surface area (Å²) in [5, 5.41) is 4.03. The molecule has 0 saturated carbocycles. The Balaban J connectivity index is 2.84. The van der Waals surface area contributed by atoms with Gasteiger partial charge in [-0.25, -0.2) is 4.68 Å². The lowest BCUT2D eigenvalue weighted by molar-refractivity contribution is 0.181. The Morgan fingerprint density at radius 2 is 2.38 bits per heavy atom. The molecule has 0 amide bonds. The van der Waals surface area contributed by atoms with Crippen molar-refractivity contribution in [1.29, 1.82) is 0 Å². The maximum absolute atomic E-state index is 11.2. The molecule has 72 valence electrons. The fraction of sp³-hybridized carbons (Fsp3) is 0.500. The Hall–Kier alpha value is -1.20. The highest BCUT2D eigenvalue weighted by molar-refractivity contribution is 4.99. The van der Waals surface area contributed by atoms with Crippen LogP contribution in [0.2, 0.25) is 0 Å². The van der Waals surface area contributed by atoms with E-state index in [9.17, 15) is 4.79 Å². The highest BCUT2D eigenvalue weighted by atomic mass is 16.5. The van der Waals surface area contributed by atoms with Crippen LogP contribution < -0.4 is 11.3 Å². The summed E-state index contributed by atoms with van der Waals surface area (Å²) in [7, 11) is 1.58. The van der Waals surface area contributed by atoms with Crippen molar-refractivity contribution < 1.29 is 4.74 Å². The van der Waals surface area contributed by atoms with Crippen molar-refractivity contribution in [2.24, 2.45) is 5.73 Å². The van der Waals surface area contributed by atoms with Crippen LogP contribution in [0.15, 0.2) is 16.9 Å². The first-order valence-corrected chi connectivity index (χ1v) is 4.04. The summed E-state index contributed by atoms with van der Waals surface area (Å²) in [5.41, 5.74) is 5.96. The predicted octanol–water partition coefficient (Wildman–Crippen LogP) is -0.652. The van der Waals surface area contributed by atoms with Gasteiger partial charge in [0.2, 0.25) is 0 Å². The third-order valence-electron chi connectivity index (χ3n) is 1.64. The quantitative estimate of drug-likeness (QED) is 0.673. The van der Waals surface area contributed by atoms with Crippen LogP contribution in [0, 0.1) is 0 Å². The standard InChI is InChI=1S/C8H13N3O2/c1-13-5-4-11-8(12)3-2-7(6-9)10-11/h2-3H,4-6,9H2,1H3. The van der Waals surface area contributed by atoms with Crippen molar-refractivity contribution in [3.8, 4) is 0 Å². The molecule has 0 aromatic carbocycles. The maximum Gasteiger partial charge on any atom is 0.266 e. The molecule has 0 aliphatic carbocycles. The van der Waals surface area contributed by atoms with Crippen molar-refractivity contribution in [2.75, 3.05) is 13.7 Å². The Bertz CT molecular complexity index is 321. The van der Waals surface area contributed by atoms with Crippen LogP contribution in [0.5, 0.6) is 0 Å². The molecule has 13 heavy (non-hydrogen) atoms. The van der Waals surface area contributed by atoms with Gasteiger partial charge in [0, 0.05) is 19.7 Å². The molecule has 0 atom stereocenters. The van der Waals surface area contributed by atoms with E-state index in [-0.39, 0.29) is 5.56 Å². The molecule has 0 spiro atoms. The zero-order valence-corrected chi connectivity index (χ0v) is 7.56. The molecule has 0 aliphatic heterocycles. The molecule has 0 saturated heterocycles. The summed E-state index contributed by atoms with van der Waals surface area (Å²) in [6.45, 7) is 1.28. The van der Waals surface area contributed by atoms with Crippen LogP contribution in [0.25, 0.3) is 0 Å². The van der Waals surface area contributed by atoms with Crippen LogP contribution >= 0.6 is 0 Å². The number of aromatic nitrogens is 2. The van der Waals surface area contributed by atoms with Crippen molar-refractivity contribution in [2.45, 2.75) is 13.1 Å². The van der Waals surface area contributed by atoms with Gasteiger partial charge in [0.1, 0.15) is 0 Å². The number of hydrogen-bond acceptors (Lipinski definition) is 4. The average molecular weight is 183 g/mol. The molecule has 1 aromatic rings. The second-order valence-electron chi connectivity index (χ2n) is 2.58. The van der Waals surface area contributed by atoms with Crippen LogP contribution in [0.1, 0.15) is 5.69 Å². The van der Waals surface area contributed by atoms with E-state index >= 15 is 0 Å². The second-order valence-corrected chi connectivity index (χ2v) is 2.58. The fourth-order valence-electron chi connectivity index (χ4n) is 0.938. The van der Waals surface area contributed by atoms with Gasteiger partial charge in [-0.05, 0) is 6.07 Å². The molecule has 0 fully saturated rings. The number of nitrogens with two attached hydrogens (primary N) is 1. The molecule has 0 unspecified atom stereocenters. The third kappa shape index (κ3) is 2.64. The van der Waals surface area contributed by atoms with Gasteiger partial charge in [0.25, 0.3) is 5.56 Å². The molecular formula is C8H13N3O2. The predicted molar refractivity (Wildman–Crippen MR) is 48.3 cm³/mol. The molecule has 1 rings (SSSR count). The van der Waals surface area contributed by atoms with E-state index in [2.05, 4.69) is 5.10 Å². The van der Waals surface area contributed by atoms with Gasteiger partial charge in [-0.15, -0.1) is 0 Å². The summed E-state index contributed by atoms with van der Waals surface area (Å²) in [6.07, 6.45) is 0. The normalized spacial score (nSPS) is 10.3. The van der Waals surface area contributed by atoms with E-state index < -0.39 is 0 Å². The number of nitrogens with zero attached hydrogens (tertiary/aromatic N) is 2. The lowest BCUT2D eigenvalue weighted by Gasteiger charge is -2.04. The summed E-state index contributed by atoms with van der Waals surface area (Å²) in [5.74, 6) is 0. The Morgan fingerprint density at radius 1 is 1.62 bits per heavy atom. The van der Waals surface area contributed by atoms with Gasteiger partial charge in [0.15, 0.2) is 0 Å². The maximum atomic E-state index is 11.2.